The summed E-state index contributed by atoms with van der Waals surface area (Å²) >= 11 is 0. The van der Waals surface area contributed by atoms with Crippen LogP contribution in [0.25, 0.3) is 5.57 Å². The quantitative estimate of drug-likeness (QED) is 0.431. The van der Waals surface area contributed by atoms with E-state index in [4.69, 9.17) is 0 Å². The number of anilines is 2. The van der Waals surface area contributed by atoms with E-state index >= 15 is 0 Å². The molecule has 1 aliphatic rings. The number of nitrogens with one attached hydrogen (secondary N) is 1. The fraction of sp³-hybridized carbons (Fsp3) is 0.318. The van der Waals surface area contributed by atoms with Crippen LogP contribution < -0.4 is 10.3 Å². The minimum absolute atomic E-state index is 0.00858. The number of non-ortho nitro benzene ring substituents is 1. The van der Waals surface area contributed by atoms with Crippen LogP contribution in [-0.4, -0.2) is 23.2 Å². The van der Waals surface area contributed by atoms with Crippen molar-refractivity contribution in [2.24, 2.45) is 5.10 Å². The van der Waals surface area contributed by atoms with Crippen molar-refractivity contribution in [3.05, 3.63) is 69.3 Å². The van der Waals surface area contributed by atoms with E-state index < -0.39 is 4.92 Å². The summed E-state index contributed by atoms with van der Waals surface area (Å²) in [5.74, 6) is 0. The van der Waals surface area contributed by atoms with Gasteiger partial charge in [0.2, 0.25) is 0 Å². The zero-order chi connectivity index (χ0) is 20.5. The molecule has 0 fully saturated rings. The number of likely N-dealkylation sites (N-methyl/N-ethyl adjacent to an activating group) is 1. The molecule has 28 heavy (non-hydrogen) atoms. The molecule has 3 rings (SSSR count). The van der Waals surface area contributed by atoms with Crippen molar-refractivity contribution in [2.45, 2.75) is 40.2 Å². The molecule has 2 aromatic rings. The van der Waals surface area contributed by atoms with Crippen LogP contribution in [0.2, 0.25) is 0 Å². The Hall–Kier alpha value is -3.15. The number of aryl methyl sites for hydroxylation is 1. The van der Waals surface area contributed by atoms with Crippen molar-refractivity contribution in [3.63, 3.8) is 0 Å². The number of allylic oxidation sites excluding steroid dienone is 1. The van der Waals surface area contributed by atoms with Crippen LogP contribution >= 0.6 is 0 Å². The summed E-state index contributed by atoms with van der Waals surface area (Å²) in [5.41, 5.74) is 9.62. The van der Waals surface area contributed by atoms with Crippen molar-refractivity contribution in [1.82, 2.24) is 0 Å². The van der Waals surface area contributed by atoms with Crippen LogP contribution in [-0.2, 0) is 0 Å². The van der Waals surface area contributed by atoms with Gasteiger partial charge >= 0.3 is 0 Å². The summed E-state index contributed by atoms with van der Waals surface area (Å²) in [4.78, 5) is 12.7. The van der Waals surface area contributed by atoms with Crippen molar-refractivity contribution in [1.29, 1.82) is 0 Å². The Morgan fingerprint density at radius 2 is 1.89 bits per heavy atom. The van der Waals surface area contributed by atoms with Gasteiger partial charge in [-0.15, -0.1) is 0 Å². The summed E-state index contributed by atoms with van der Waals surface area (Å²) in [6.45, 7) is 11.8. The molecular weight excluding hydrogens is 352 g/mol. The second kappa shape index (κ2) is 7.46. The lowest BCUT2D eigenvalue weighted by atomic mass is 9.87. The van der Waals surface area contributed by atoms with E-state index in [1.54, 1.807) is 18.3 Å². The number of rotatable bonds is 5. The predicted molar refractivity (Wildman–Crippen MR) is 116 cm³/mol. The topological polar surface area (TPSA) is 70.8 Å². The number of fused-ring (bicyclic) bond motifs is 1. The molecule has 0 atom stereocenters. The second-order valence-corrected chi connectivity index (χ2v) is 7.63. The summed E-state index contributed by atoms with van der Waals surface area (Å²) in [6, 6.07) is 10.6. The normalized spacial score (nSPS) is 15.3. The largest absolute Gasteiger partial charge is 0.363 e. The number of nitro benzene ring substituents is 1. The summed E-state index contributed by atoms with van der Waals surface area (Å²) in [7, 11) is 0. The van der Waals surface area contributed by atoms with E-state index in [0.29, 0.717) is 5.69 Å². The monoisotopic (exact) mass is 378 g/mol. The molecule has 2 aromatic carbocycles. The number of hydrogen-bond acceptors (Lipinski definition) is 5. The Kier molecular flexibility index (Phi) is 5.23. The van der Waals surface area contributed by atoms with E-state index in [1.165, 1.54) is 29.0 Å². The van der Waals surface area contributed by atoms with Gasteiger partial charge in [0.05, 0.1) is 22.4 Å². The number of hydrazone groups is 1. The minimum Gasteiger partial charge on any atom is -0.363 e. The lowest BCUT2D eigenvalue weighted by Crippen LogP contribution is -2.45. The first kappa shape index (κ1) is 19.6. The van der Waals surface area contributed by atoms with E-state index in [-0.39, 0.29) is 11.2 Å². The van der Waals surface area contributed by atoms with E-state index in [2.05, 4.69) is 68.3 Å². The molecule has 0 bridgehead atoms. The molecular formula is C22H26N4O2. The van der Waals surface area contributed by atoms with Gasteiger partial charge in [0.15, 0.2) is 0 Å². The van der Waals surface area contributed by atoms with Gasteiger partial charge in [-0.05, 0) is 75.6 Å². The smallest absolute Gasteiger partial charge is 0.269 e. The predicted octanol–water partition coefficient (Wildman–Crippen LogP) is 5.37. The van der Waals surface area contributed by atoms with Gasteiger partial charge < -0.3 is 4.90 Å². The van der Waals surface area contributed by atoms with Gasteiger partial charge in [-0.3, -0.25) is 15.5 Å². The van der Waals surface area contributed by atoms with Crippen LogP contribution in [0.15, 0.2) is 47.6 Å². The molecule has 0 saturated carbocycles. The molecule has 6 heteroatoms. The van der Waals surface area contributed by atoms with E-state index in [1.807, 2.05) is 0 Å². The molecule has 0 aromatic heterocycles. The third kappa shape index (κ3) is 3.76. The van der Waals surface area contributed by atoms with Crippen LogP contribution in [0.5, 0.6) is 0 Å². The molecule has 1 aliphatic heterocycles. The average Bonchev–Trinajstić information content (AvgIpc) is 2.62. The number of nitrogens with zero attached hydrogens (tertiary/aromatic N) is 3. The summed E-state index contributed by atoms with van der Waals surface area (Å²) in [5, 5.41) is 15.0. The van der Waals surface area contributed by atoms with Crippen LogP contribution in [0.4, 0.5) is 17.1 Å². The Morgan fingerprint density at radius 1 is 1.21 bits per heavy atom. The van der Waals surface area contributed by atoms with Crippen LogP contribution in [0.1, 0.15) is 44.4 Å². The third-order valence-corrected chi connectivity index (χ3v) is 5.16. The van der Waals surface area contributed by atoms with Crippen LogP contribution in [0, 0.1) is 17.0 Å². The molecule has 0 amide bonds. The van der Waals surface area contributed by atoms with Gasteiger partial charge in [-0.2, -0.15) is 5.10 Å². The first-order valence-corrected chi connectivity index (χ1v) is 9.38. The van der Waals surface area contributed by atoms with Gasteiger partial charge in [0.25, 0.3) is 5.69 Å². The molecule has 146 valence electrons. The molecule has 0 saturated heterocycles. The number of benzene rings is 2. The Bertz CT molecular complexity index is 959. The van der Waals surface area contributed by atoms with Gasteiger partial charge in [0, 0.05) is 29.9 Å². The van der Waals surface area contributed by atoms with Crippen LogP contribution in [0.3, 0.4) is 0 Å². The first-order chi connectivity index (χ1) is 13.2. The Labute approximate surface area is 165 Å². The molecule has 0 spiro atoms. The van der Waals surface area contributed by atoms with Crippen molar-refractivity contribution < 1.29 is 4.92 Å². The highest BCUT2D eigenvalue weighted by Gasteiger charge is 2.30. The standard InChI is InChI=1S/C22H26N4O2/c1-6-25-21-11-15(2)17(12-20(21)16(3)13-22(25,4)5)14-23-24-18-7-9-19(10-8-18)26(27)28/h7-14,24H,6H2,1-5H3/b23-14-. The highest BCUT2D eigenvalue weighted by molar-refractivity contribution is 5.89. The van der Waals surface area contributed by atoms with Crippen molar-refractivity contribution in [2.75, 3.05) is 16.9 Å². The lowest BCUT2D eigenvalue weighted by Gasteiger charge is -2.43. The molecule has 1 N–H and O–H groups in total. The molecule has 0 aliphatic carbocycles. The van der Waals surface area contributed by atoms with Crippen molar-refractivity contribution in [3.8, 4) is 0 Å². The maximum Gasteiger partial charge on any atom is 0.269 e. The SMILES string of the molecule is CCN1c2cc(C)c(/C=N\Nc3ccc([N+](=O)[O-])cc3)cc2C(C)=CC1(C)C. The minimum atomic E-state index is -0.416. The molecule has 1 heterocycles. The zero-order valence-corrected chi connectivity index (χ0v) is 17.0. The molecule has 0 unspecified atom stereocenters. The maximum absolute atomic E-state index is 10.7. The van der Waals surface area contributed by atoms with Crippen molar-refractivity contribution >= 4 is 28.8 Å². The second-order valence-electron chi connectivity index (χ2n) is 7.63. The lowest BCUT2D eigenvalue weighted by molar-refractivity contribution is -0.384. The highest BCUT2D eigenvalue weighted by Crippen LogP contribution is 2.39. The van der Waals surface area contributed by atoms with Gasteiger partial charge in [-0.25, -0.2) is 0 Å². The summed E-state index contributed by atoms with van der Waals surface area (Å²) in [6.07, 6.45) is 4.10. The Balaban J connectivity index is 1.85. The van der Waals surface area contributed by atoms with E-state index in [0.717, 1.165) is 17.7 Å². The first-order valence-electron chi connectivity index (χ1n) is 9.38. The summed E-state index contributed by atoms with van der Waals surface area (Å²) < 4.78 is 0. The average molecular weight is 378 g/mol. The zero-order valence-electron chi connectivity index (χ0n) is 17.0. The number of nitro groups is 1. The molecule has 0 radical (unpaired) electrons. The molecule has 6 nitrogen and oxygen atoms in total. The Morgan fingerprint density at radius 3 is 2.50 bits per heavy atom. The van der Waals surface area contributed by atoms with E-state index in [9.17, 15) is 10.1 Å². The van der Waals surface area contributed by atoms with Gasteiger partial charge in [0.1, 0.15) is 0 Å². The highest BCUT2D eigenvalue weighted by atomic mass is 16.6. The van der Waals surface area contributed by atoms with Gasteiger partial charge in [-0.1, -0.05) is 6.08 Å². The third-order valence-electron chi connectivity index (χ3n) is 5.16. The number of hydrogen-bond donors (Lipinski definition) is 1. The fourth-order valence-electron chi connectivity index (χ4n) is 3.80. The fourth-order valence-corrected chi connectivity index (χ4v) is 3.80. The maximum atomic E-state index is 10.7.